The molecule has 0 spiro atoms. The summed E-state index contributed by atoms with van der Waals surface area (Å²) in [6.45, 7) is 13.0. The van der Waals surface area contributed by atoms with E-state index in [1.54, 1.807) is 0 Å². The van der Waals surface area contributed by atoms with E-state index in [0.717, 1.165) is 32.3 Å². The van der Waals surface area contributed by atoms with E-state index < -0.39 is 0 Å². The van der Waals surface area contributed by atoms with Gasteiger partial charge < -0.3 is 0 Å². The Bertz CT molecular complexity index is 624. The van der Waals surface area contributed by atoms with E-state index in [2.05, 4.69) is 65.8 Å². The first-order valence-corrected chi connectivity index (χ1v) is 8.37. The van der Waals surface area contributed by atoms with Crippen LogP contribution >= 0.6 is 23.2 Å². The molecule has 0 atom stereocenters. The normalized spacial score (nSPS) is 12.5. The lowest BCUT2D eigenvalue weighted by Crippen LogP contribution is -2.13. The topological polar surface area (TPSA) is 0 Å². The molecule has 0 radical (unpaired) electrons. The van der Waals surface area contributed by atoms with Crippen LogP contribution in [-0.2, 0) is 10.8 Å². The van der Waals surface area contributed by atoms with Crippen LogP contribution < -0.4 is 0 Å². The van der Waals surface area contributed by atoms with Gasteiger partial charge in [0.2, 0.25) is 0 Å². The molecule has 0 nitrogen and oxygen atoms in total. The Morgan fingerprint density at radius 2 is 0.909 bits per heavy atom. The second-order valence-corrected chi connectivity index (χ2v) is 8.59. The molecule has 0 bridgehead atoms. The Kier molecular flexibility index (Phi) is 4.66. The molecule has 0 N–H and O–H groups in total. The van der Waals surface area contributed by atoms with Crippen LogP contribution in [0.25, 0.3) is 11.1 Å². The van der Waals surface area contributed by atoms with Crippen LogP contribution in [0, 0.1) is 0 Å². The van der Waals surface area contributed by atoms with Gasteiger partial charge in [0, 0.05) is 11.1 Å². The molecule has 118 valence electrons. The summed E-state index contributed by atoms with van der Waals surface area (Å²) in [5.74, 6) is 0. The van der Waals surface area contributed by atoms with Gasteiger partial charge in [-0.25, -0.2) is 0 Å². The van der Waals surface area contributed by atoms with E-state index in [1.807, 2.05) is 12.1 Å². The molecule has 0 unspecified atom stereocenters. The maximum absolute atomic E-state index is 6.71. The van der Waals surface area contributed by atoms with Crippen molar-refractivity contribution < 1.29 is 0 Å². The summed E-state index contributed by atoms with van der Waals surface area (Å²) in [6, 6.07) is 12.4. The minimum absolute atomic E-state index is 0.00120. The molecule has 0 saturated heterocycles. The van der Waals surface area contributed by atoms with E-state index in [-0.39, 0.29) is 10.8 Å². The molecule has 0 heterocycles. The maximum atomic E-state index is 6.71. The zero-order valence-corrected chi connectivity index (χ0v) is 15.7. The summed E-state index contributed by atoms with van der Waals surface area (Å²) >= 11 is 13.4. The second kappa shape index (κ2) is 5.91. The van der Waals surface area contributed by atoms with Crippen molar-refractivity contribution in [1.29, 1.82) is 0 Å². The van der Waals surface area contributed by atoms with E-state index >= 15 is 0 Å². The fraction of sp³-hybridized carbons (Fsp3) is 0.400. The Hall–Kier alpha value is -0.980. The third-order valence-corrected chi connectivity index (χ3v) is 4.72. The smallest absolute Gasteiger partial charge is 0.0522 e. The van der Waals surface area contributed by atoms with Gasteiger partial charge in [0.05, 0.1) is 10.0 Å². The summed E-state index contributed by atoms with van der Waals surface area (Å²) < 4.78 is 0. The monoisotopic (exact) mass is 334 g/mol. The van der Waals surface area contributed by atoms with Crippen molar-refractivity contribution >= 4 is 23.2 Å². The van der Waals surface area contributed by atoms with Gasteiger partial charge in [0.1, 0.15) is 0 Å². The van der Waals surface area contributed by atoms with Crippen molar-refractivity contribution in [3.05, 3.63) is 57.6 Å². The average molecular weight is 335 g/mol. The highest BCUT2D eigenvalue weighted by molar-refractivity contribution is 6.37. The minimum atomic E-state index is 0.00120. The average Bonchev–Trinajstić information content (AvgIpc) is 2.37. The molecule has 22 heavy (non-hydrogen) atoms. The van der Waals surface area contributed by atoms with Crippen molar-refractivity contribution in [3.8, 4) is 11.1 Å². The highest BCUT2D eigenvalue weighted by Gasteiger charge is 2.23. The van der Waals surface area contributed by atoms with Gasteiger partial charge in [0.25, 0.3) is 0 Å². The molecule has 0 fully saturated rings. The van der Waals surface area contributed by atoms with Crippen LogP contribution in [0.2, 0.25) is 10.0 Å². The van der Waals surface area contributed by atoms with E-state index in [1.165, 1.54) is 0 Å². The van der Waals surface area contributed by atoms with E-state index in [0.29, 0.717) is 0 Å². The molecule has 2 heteroatoms. The predicted molar refractivity (Wildman–Crippen MR) is 99.3 cm³/mol. The SMILES string of the molecule is CC(C)(C)c1cccc(-c2cccc(C(C)(C)C)c2Cl)c1Cl. The van der Waals surface area contributed by atoms with Crippen molar-refractivity contribution in [2.24, 2.45) is 0 Å². The quantitative estimate of drug-likeness (QED) is 0.514. The molecule has 2 aromatic rings. The molecule has 2 rings (SSSR count). The molecule has 0 amide bonds. The summed E-state index contributed by atoms with van der Waals surface area (Å²) in [7, 11) is 0. The van der Waals surface area contributed by atoms with Crippen molar-refractivity contribution in [3.63, 3.8) is 0 Å². The highest BCUT2D eigenvalue weighted by atomic mass is 35.5. The molecule has 2 aromatic carbocycles. The van der Waals surface area contributed by atoms with Crippen LogP contribution in [-0.4, -0.2) is 0 Å². The predicted octanol–water partition coefficient (Wildman–Crippen LogP) is 7.26. The number of rotatable bonds is 1. The molecule has 0 aliphatic rings. The Morgan fingerprint density at radius 1 is 0.591 bits per heavy atom. The summed E-state index contributed by atoms with van der Waals surface area (Å²) in [4.78, 5) is 0. The highest BCUT2D eigenvalue weighted by Crippen LogP contribution is 2.42. The van der Waals surface area contributed by atoms with Crippen LogP contribution in [0.5, 0.6) is 0 Å². The number of halogens is 2. The zero-order valence-electron chi connectivity index (χ0n) is 14.2. The number of hydrogen-bond acceptors (Lipinski definition) is 0. The first-order valence-electron chi connectivity index (χ1n) is 7.62. The first-order chi connectivity index (χ1) is 10.0. The van der Waals surface area contributed by atoms with Gasteiger partial charge in [-0.15, -0.1) is 0 Å². The Morgan fingerprint density at radius 3 is 1.18 bits per heavy atom. The molecular formula is C20H24Cl2. The lowest BCUT2D eigenvalue weighted by molar-refractivity contribution is 0.589. The van der Waals surface area contributed by atoms with Gasteiger partial charge in [0.15, 0.2) is 0 Å². The summed E-state index contributed by atoms with van der Waals surface area (Å²) in [5.41, 5.74) is 4.30. The van der Waals surface area contributed by atoms with E-state index in [9.17, 15) is 0 Å². The van der Waals surface area contributed by atoms with Gasteiger partial charge in [-0.1, -0.05) is 101 Å². The fourth-order valence-electron chi connectivity index (χ4n) is 2.64. The Balaban J connectivity index is 2.69. The Labute approximate surface area is 144 Å². The first kappa shape index (κ1) is 17.4. The molecule has 0 aromatic heterocycles. The number of hydrogen-bond donors (Lipinski definition) is 0. The third kappa shape index (κ3) is 3.34. The van der Waals surface area contributed by atoms with Crippen LogP contribution in [0.4, 0.5) is 0 Å². The van der Waals surface area contributed by atoms with Crippen LogP contribution in [0.3, 0.4) is 0 Å². The molecular weight excluding hydrogens is 311 g/mol. The maximum Gasteiger partial charge on any atom is 0.0522 e. The van der Waals surface area contributed by atoms with Gasteiger partial charge in [-0.05, 0) is 22.0 Å². The van der Waals surface area contributed by atoms with Gasteiger partial charge in [-0.3, -0.25) is 0 Å². The van der Waals surface area contributed by atoms with Crippen molar-refractivity contribution in [1.82, 2.24) is 0 Å². The summed E-state index contributed by atoms with van der Waals surface area (Å²) in [6.07, 6.45) is 0. The molecule has 0 saturated carbocycles. The van der Waals surface area contributed by atoms with Crippen molar-refractivity contribution in [2.45, 2.75) is 52.4 Å². The summed E-state index contributed by atoms with van der Waals surface area (Å²) in [5, 5.41) is 1.59. The van der Waals surface area contributed by atoms with Gasteiger partial charge in [-0.2, -0.15) is 0 Å². The lowest BCUT2D eigenvalue weighted by Gasteiger charge is -2.24. The van der Waals surface area contributed by atoms with Crippen LogP contribution in [0.15, 0.2) is 36.4 Å². The number of benzene rings is 2. The lowest BCUT2D eigenvalue weighted by atomic mass is 9.83. The minimum Gasteiger partial charge on any atom is -0.0833 e. The standard InChI is InChI=1S/C20H24Cl2/c1-19(2,3)15-11-7-9-13(17(15)21)14-10-8-12-16(18(14)22)20(4,5)6/h7-12H,1-6H3. The van der Waals surface area contributed by atoms with E-state index in [4.69, 9.17) is 23.2 Å². The van der Waals surface area contributed by atoms with Gasteiger partial charge >= 0.3 is 0 Å². The van der Waals surface area contributed by atoms with Crippen LogP contribution in [0.1, 0.15) is 52.7 Å². The fourth-order valence-corrected chi connectivity index (χ4v) is 3.66. The molecule has 0 aliphatic carbocycles. The largest absolute Gasteiger partial charge is 0.0833 e. The van der Waals surface area contributed by atoms with Crippen molar-refractivity contribution in [2.75, 3.05) is 0 Å². The molecule has 0 aliphatic heterocycles. The third-order valence-electron chi connectivity index (χ3n) is 3.90. The zero-order chi connectivity index (χ0) is 16.7. The second-order valence-electron chi connectivity index (χ2n) is 7.83.